The Balaban J connectivity index is 2.87. The van der Waals surface area contributed by atoms with Crippen LogP contribution in [0.25, 0.3) is 0 Å². The quantitative estimate of drug-likeness (QED) is 0.654. The van der Waals surface area contributed by atoms with E-state index in [4.69, 9.17) is 15.6 Å². The van der Waals surface area contributed by atoms with E-state index in [1.54, 1.807) is 19.2 Å². The van der Waals surface area contributed by atoms with E-state index in [2.05, 4.69) is 17.2 Å². The summed E-state index contributed by atoms with van der Waals surface area (Å²) in [7, 11) is 1.59. The standard InChI is InChI=1S/C13H23N3O2/c1-3-4-5-11(15-8-9-17)13-10(14)6-7-12(16-13)18-2/h6-7,11,15,17H,3-5,8-9,14H2,1-2H3. The molecule has 0 aliphatic carbocycles. The van der Waals surface area contributed by atoms with Gasteiger partial charge in [-0.3, -0.25) is 0 Å². The molecule has 0 aliphatic rings. The summed E-state index contributed by atoms with van der Waals surface area (Å²) >= 11 is 0. The van der Waals surface area contributed by atoms with Crippen LogP contribution >= 0.6 is 0 Å². The lowest BCUT2D eigenvalue weighted by molar-refractivity contribution is 0.281. The highest BCUT2D eigenvalue weighted by molar-refractivity contribution is 5.46. The van der Waals surface area contributed by atoms with Gasteiger partial charge in [-0.1, -0.05) is 19.8 Å². The topological polar surface area (TPSA) is 80.4 Å². The number of nitrogens with zero attached hydrogens (tertiary/aromatic N) is 1. The number of aliphatic hydroxyl groups is 1. The van der Waals surface area contributed by atoms with Crippen molar-refractivity contribution in [3.05, 3.63) is 17.8 Å². The van der Waals surface area contributed by atoms with Crippen LogP contribution < -0.4 is 15.8 Å². The first kappa shape index (κ1) is 14.7. The summed E-state index contributed by atoms with van der Waals surface area (Å²) in [6.45, 7) is 2.78. The molecule has 0 aliphatic heterocycles. The van der Waals surface area contributed by atoms with Gasteiger partial charge < -0.3 is 20.9 Å². The van der Waals surface area contributed by atoms with E-state index < -0.39 is 0 Å². The van der Waals surface area contributed by atoms with Crippen LogP contribution in [0.15, 0.2) is 12.1 Å². The van der Waals surface area contributed by atoms with Gasteiger partial charge >= 0.3 is 0 Å². The monoisotopic (exact) mass is 253 g/mol. The van der Waals surface area contributed by atoms with E-state index in [9.17, 15) is 0 Å². The van der Waals surface area contributed by atoms with Gasteiger partial charge in [0.15, 0.2) is 0 Å². The largest absolute Gasteiger partial charge is 0.481 e. The van der Waals surface area contributed by atoms with E-state index >= 15 is 0 Å². The molecule has 5 heteroatoms. The summed E-state index contributed by atoms with van der Waals surface area (Å²) in [6, 6.07) is 3.62. The average Bonchev–Trinajstić information content (AvgIpc) is 2.40. The first-order valence-electron chi connectivity index (χ1n) is 6.37. The van der Waals surface area contributed by atoms with Crippen molar-refractivity contribution in [1.82, 2.24) is 10.3 Å². The minimum Gasteiger partial charge on any atom is -0.481 e. The fraction of sp³-hybridized carbons (Fsp3) is 0.615. The molecule has 4 N–H and O–H groups in total. The van der Waals surface area contributed by atoms with Gasteiger partial charge in [-0.15, -0.1) is 0 Å². The van der Waals surface area contributed by atoms with Crippen molar-refractivity contribution in [1.29, 1.82) is 0 Å². The smallest absolute Gasteiger partial charge is 0.213 e. The van der Waals surface area contributed by atoms with E-state index in [1.807, 2.05) is 0 Å². The van der Waals surface area contributed by atoms with Gasteiger partial charge in [0.1, 0.15) is 0 Å². The maximum Gasteiger partial charge on any atom is 0.213 e. The van der Waals surface area contributed by atoms with Gasteiger partial charge in [-0.2, -0.15) is 0 Å². The molecule has 0 amide bonds. The number of aliphatic hydroxyl groups excluding tert-OH is 1. The lowest BCUT2D eigenvalue weighted by atomic mass is 10.0. The highest BCUT2D eigenvalue weighted by Crippen LogP contribution is 2.25. The Labute approximate surface area is 108 Å². The van der Waals surface area contributed by atoms with E-state index in [0.717, 1.165) is 25.0 Å². The van der Waals surface area contributed by atoms with Crippen molar-refractivity contribution in [3.8, 4) is 5.88 Å². The number of hydrogen-bond acceptors (Lipinski definition) is 5. The van der Waals surface area contributed by atoms with Crippen molar-refractivity contribution >= 4 is 5.69 Å². The van der Waals surface area contributed by atoms with E-state index in [1.165, 1.54) is 0 Å². The molecule has 1 rings (SSSR count). The molecule has 5 nitrogen and oxygen atoms in total. The summed E-state index contributed by atoms with van der Waals surface area (Å²) in [5, 5.41) is 12.2. The Morgan fingerprint density at radius 1 is 1.50 bits per heavy atom. The fourth-order valence-corrected chi connectivity index (χ4v) is 1.84. The Hall–Kier alpha value is -1.33. The molecular weight excluding hydrogens is 230 g/mol. The zero-order chi connectivity index (χ0) is 13.4. The Morgan fingerprint density at radius 2 is 2.28 bits per heavy atom. The number of nitrogens with two attached hydrogens (primary N) is 1. The summed E-state index contributed by atoms with van der Waals surface area (Å²) in [4.78, 5) is 4.41. The predicted molar refractivity (Wildman–Crippen MR) is 72.6 cm³/mol. The number of anilines is 1. The zero-order valence-corrected chi connectivity index (χ0v) is 11.1. The number of hydrogen-bond donors (Lipinski definition) is 3. The Bertz CT molecular complexity index is 350. The van der Waals surface area contributed by atoms with Gasteiger partial charge in [-0.25, -0.2) is 4.98 Å². The van der Waals surface area contributed by atoms with Crippen molar-refractivity contribution < 1.29 is 9.84 Å². The molecule has 102 valence electrons. The van der Waals surface area contributed by atoms with Gasteiger partial charge in [0.25, 0.3) is 0 Å². The third kappa shape index (κ3) is 4.16. The average molecular weight is 253 g/mol. The van der Waals surface area contributed by atoms with Crippen LogP contribution in [-0.4, -0.2) is 30.4 Å². The molecule has 1 heterocycles. The number of unbranched alkanes of at least 4 members (excludes halogenated alkanes) is 1. The number of aromatic nitrogens is 1. The van der Waals surface area contributed by atoms with Gasteiger partial charge in [0, 0.05) is 12.6 Å². The number of rotatable bonds is 8. The second kappa shape index (κ2) is 7.89. The molecule has 0 bridgehead atoms. The summed E-state index contributed by atoms with van der Waals surface area (Å²) < 4.78 is 5.13. The summed E-state index contributed by atoms with van der Waals surface area (Å²) in [5.74, 6) is 0.562. The number of pyridine rings is 1. The molecule has 0 fully saturated rings. The molecule has 0 saturated heterocycles. The van der Waals surface area contributed by atoms with Crippen LogP contribution in [0.5, 0.6) is 5.88 Å². The van der Waals surface area contributed by atoms with Gasteiger partial charge in [0.05, 0.1) is 31.1 Å². The molecule has 1 atom stereocenters. The number of ether oxygens (including phenoxy) is 1. The fourth-order valence-electron chi connectivity index (χ4n) is 1.84. The van der Waals surface area contributed by atoms with Gasteiger partial charge in [-0.05, 0) is 12.5 Å². The molecule has 1 aromatic rings. The number of nitrogen functional groups attached to an aromatic ring is 1. The molecule has 1 unspecified atom stereocenters. The van der Waals surface area contributed by atoms with E-state index in [-0.39, 0.29) is 12.6 Å². The van der Waals surface area contributed by atoms with E-state index in [0.29, 0.717) is 18.1 Å². The van der Waals surface area contributed by atoms with Crippen LogP contribution in [0.3, 0.4) is 0 Å². The highest BCUT2D eigenvalue weighted by atomic mass is 16.5. The van der Waals surface area contributed by atoms with Crippen molar-refractivity contribution in [2.75, 3.05) is 26.0 Å². The summed E-state index contributed by atoms with van der Waals surface area (Å²) in [5.41, 5.74) is 7.42. The minimum atomic E-state index is 0.0622. The second-order valence-corrected chi connectivity index (χ2v) is 4.20. The van der Waals surface area contributed by atoms with Crippen LogP contribution in [0, 0.1) is 0 Å². The van der Waals surface area contributed by atoms with Crippen LogP contribution in [-0.2, 0) is 0 Å². The molecule has 1 aromatic heterocycles. The third-order valence-electron chi connectivity index (χ3n) is 2.82. The van der Waals surface area contributed by atoms with Crippen LogP contribution in [0.4, 0.5) is 5.69 Å². The third-order valence-corrected chi connectivity index (χ3v) is 2.82. The lowest BCUT2D eigenvalue weighted by Gasteiger charge is -2.19. The predicted octanol–water partition coefficient (Wildman–Crippen LogP) is 1.49. The number of methoxy groups -OCH3 is 1. The maximum atomic E-state index is 8.92. The van der Waals surface area contributed by atoms with Crippen LogP contribution in [0.1, 0.15) is 37.9 Å². The Morgan fingerprint density at radius 3 is 2.89 bits per heavy atom. The second-order valence-electron chi connectivity index (χ2n) is 4.20. The summed E-state index contributed by atoms with van der Waals surface area (Å²) in [6.07, 6.45) is 3.14. The first-order valence-corrected chi connectivity index (χ1v) is 6.37. The lowest BCUT2D eigenvalue weighted by Crippen LogP contribution is -2.26. The van der Waals surface area contributed by atoms with Crippen molar-refractivity contribution in [2.24, 2.45) is 0 Å². The normalized spacial score (nSPS) is 12.4. The SMILES string of the molecule is CCCCC(NCCO)c1nc(OC)ccc1N. The number of nitrogens with one attached hydrogen (secondary N) is 1. The van der Waals surface area contributed by atoms with Crippen LogP contribution in [0.2, 0.25) is 0 Å². The van der Waals surface area contributed by atoms with Crippen molar-refractivity contribution in [3.63, 3.8) is 0 Å². The van der Waals surface area contributed by atoms with Crippen molar-refractivity contribution in [2.45, 2.75) is 32.2 Å². The molecular formula is C13H23N3O2. The molecule has 0 aromatic carbocycles. The zero-order valence-electron chi connectivity index (χ0n) is 11.1. The molecule has 0 spiro atoms. The first-order chi connectivity index (χ1) is 8.72. The highest BCUT2D eigenvalue weighted by Gasteiger charge is 2.15. The maximum absolute atomic E-state index is 8.92. The van der Waals surface area contributed by atoms with Gasteiger partial charge in [0.2, 0.25) is 5.88 Å². The molecule has 0 saturated carbocycles. The molecule has 18 heavy (non-hydrogen) atoms. The minimum absolute atomic E-state index is 0.0622. The molecule has 0 radical (unpaired) electrons. The Kier molecular flexibility index (Phi) is 6.46.